The van der Waals surface area contributed by atoms with Crippen LogP contribution < -0.4 is 5.32 Å². The molecule has 2 heterocycles. The highest BCUT2D eigenvalue weighted by atomic mass is 32.2. The lowest BCUT2D eigenvalue weighted by atomic mass is 10.1. The Labute approximate surface area is 196 Å². The molecule has 6 atom stereocenters. The minimum Gasteiger partial charge on any atom is -0.396 e. The zero-order valence-electron chi connectivity index (χ0n) is 18.6. The fourth-order valence-corrected chi connectivity index (χ4v) is 5.55. The molecule has 2 unspecified atom stereocenters. The fraction of sp³-hybridized carbons (Fsp3) is 0.565. The summed E-state index contributed by atoms with van der Waals surface area (Å²) < 4.78 is 1.59. The van der Waals surface area contributed by atoms with E-state index in [-0.39, 0.29) is 12.6 Å². The first-order valence-electron chi connectivity index (χ1n) is 11.6. The summed E-state index contributed by atoms with van der Waals surface area (Å²) in [6.07, 6.45) is 1.54. The number of hydrogen-bond acceptors (Lipinski definition) is 9. The van der Waals surface area contributed by atoms with E-state index in [2.05, 4.69) is 46.8 Å². The highest BCUT2D eigenvalue weighted by molar-refractivity contribution is 7.99. The summed E-state index contributed by atoms with van der Waals surface area (Å²) >= 11 is 1.60. The fourth-order valence-electron chi connectivity index (χ4n) is 4.63. The molecule has 2 fully saturated rings. The van der Waals surface area contributed by atoms with E-state index in [1.54, 1.807) is 16.4 Å². The van der Waals surface area contributed by atoms with Crippen LogP contribution in [0.25, 0.3) is 11.2 Å². The second-order valence-corrected chi connectivity index (χ2v) is 10.1. The Morgan fingerprint density at radius 2 is 1.94 bits per heavy atom. The van der Waals surface area contributed by atoms with Crippen molar-refractivity contribution in [3.8, 4) is 0 Å². The lowest BCUT2D eigenvalue weighted by Gasteiger charge is -2.17. The van der Waals surface area contributed by atoms with Gasteiger partial charge in [-0.2, -0.15) is 0 Å². The maximum Gasteiger partial charge on any atom is 0.191 e. The van der Waals surface area contributed by atoms with Gasteiger partial charge in [0, 0.05) is 30.2 Å². The molecule has 0 aliphatic heterocycles. The Balaban J connectivity index is 1.45. The van der Waals surface area contributed by atoms with Crippen molar-refractivity contribution < 1.29 is 15.3 Å². The van der Waals surface area contributed by atoms with Crippen molar-refractivity contribution >= 4 is 28.7 Å². The molecule has 176 valence electrons. The van der Waals surface area contributed by atoms with Gasteiger partial charge in [-0.3, -0.25) is 0 Å². The molecule has 0 spiro atoms. The summed E-state index contributed by atoms with van der Waals surface area (Å²) in [4.78, 5) is 9.48. The summed E-state index contributed by atoms with van der Waals surface area (Å²) in [6.45, 7) is 1.96. The van der Waals surface area contributed by atoms with Crippen molar-refractivity contribution in [3.05, 3.63) is 35.9 Å². The largest absolute Gasteiger partial charge is 0.396 e. The molecular formula is C23H30N6O3S. The monoisotopic (exact) mass is 470 g/mol. The first kappa shape index (κ1) is 22.5. The second kappa shape index (κ2) is 9.54. The third-order valence-corrected chi connectivity index (χ3v) is 7.63. The number of anilines is 1. The van der Waals surface area contributed by atoms with Crippen LogP contribution in [0.2, 0.25) is 0 Å². The van der Waals surface area contributed by atoms with Gasteiger partial charge in [0.15, 0.2) is 22.1 Å². The molecule has 1 aromatic carbocycles. The zero-order valence-corrected chi connectivity index (χ0v) is 19.4. The molecule has 2 aliphatic carbocycles. The summed E-state index contributed by atoms with van der Waals surface area (Å²) in [5.74, 6) is 1.59. The van der Waals surface area contributed by atoms with Crippen LogP contribution in [0, 0.1) is 5.92 Å². The van der Waals surface area contributed by atoms with Crippen molar-refractivity contribution in [3.63, 3.8) is 0 Å². The van der Waals surface area contributed by atoms with Gasteiger partial charge in [0.25, 0.3) is 0 Å². The average molecular weight is 471 g/mol. The van der Waals surface area contributed by atoms with Gasteiger partial charge in [0.05, 0.1) is 12.1 Å². The standard InChI is InChI=1S/C23H30N6O3S/c1-2-3-9-33-23-25-21(24-16-11-15(16)13-7-5-4-6-8-13)18-22(26-23)29(28-27-18)17-10-14(12-30)19(31)20(17)32/h4-8,14-17,19-20,30-32H,2-3,9-12H2,1H3,(H,24,25,26)/t14-,15?,16?,17-,19-,20+/m1/s1. The van der Waals surface area contributed by atoms with Crippen LogP contribution in [0.5, 0.6) is 0 Å². The van der Waals surface area contributed by atoms with Crippen molar-refractivity contribution in [1.82, 2.24) is 25.0 Å². The molecular weight excluding hydrogens is 440 g/mol. The number of aliphatic hydroxyl groups is 3. The highest BCUT2D eigenvalue weighted by Crippen LogP contribution is 2.43. The van der Waals surface area contributed by atoms with Gasteiger partial charge in [0.1, 0.15) is 6.10 Å². The molecule has 2 aliphatic rings. The van der Waals surface area contributed by atoms with Crippen LogP contribution in [0.3, 0.4) is 0 Å². The summed E-state index contributed by atoms with van der Waals surface area (Å²) in [7, 11) is 0. The van der Waals surface area contributed by atoms with Crippen LogP contribution in [-0.4, -0.2) is 70.9 Å². The van der Waals surface area contributed by atoms with Gasteiger partial charge in [-0.1, -0.05) is 60.7 Å². The number of aromatic nitrogens is 5. The first-order valence-corrected chi connectivity index (χ1v) is 12.6. The Bertz CT molecular complexity index is 1100. The maximum atomic E-state index is 10.6. The van der Waals surface area contributed by atoms with Gasteiger partial charge < -0.3 is 20.6 Å². The molecule has 9 nitrogen and oxygen atoms in total. The number of hydrogen-bond donors (Lipinski definition) is 4. The molecule has 0 bridgehead atoms. The topological polar surface area (TPSA) is 129 Å². The first-order chi connectivity index (χ1) is 16.1. The average Bonchev–Trinajstić information content (AvgIpc) is 3.38. The predicted octanol–water partition coefficient (Wildman–Crippen LogP) is 2.36. The van der Waals surface area contributed by atoms with Gasteiger partial charge in [0.2, 0.25) is 0 Å². The smallest absolute Gasteiger partial charge is 0.191 e. The number of rotatable bonds is 9. The predicted molar refractivity (Wildman–Crippen MR) is 126 cm³/mol. The van der Waals surface area contributed by atoms with Crippen LogP contribution in [0.15, 0.2) is 35.5 Å². The lowest BCUT2D eigenvalue weighted by Crippen LogP contribution is -2.30. The third-order valence-electron chi connectivity index (χ3n) is 6.69. The van der Waals surface area contributed by atoms with Crippen LogP contribution in [0.4, 0.5) is 5.82 Å². The number of unbranched alkanes of at least 4 members (excludes halogenated alkanes) is 1. The molecule has 0 radical (unpaired) electrons. The van der Waals surface area contributed by atoms with Gasteiger partial charge in [-0.15, -0.1) is 5.10 Å². The number of nitrogens with zero attached hydrogens (tertiary/aromatic N) is 5. The zero-order chi connectivity index (χ0) is 22.9. The second-order valence-electron chi connectivity index (χ2n) is 8.99. The Kier molecular flexibility index (Phi) is 6.51. The quantitative estimate of drug-likeness (QED) is 0.212. The van der Waals surface area contributed by atoms with Gasteiger partial charge in [-0.25, -0.2) is 14.6 Å². The van der Waals surface area contributed by atoms with Crippen molar-refractivity contribution in [2.45, 2.75) is 68.0 Å². The maximum absolute atomic E-state index is 10.6. The van der Waals surface area contributed by atoms with E-state index in [4.69, 9.17) is 9.97 Å². The Hall–Kier alpha value is -2.27. The van der Waals surface area contributed by atoms with E-state index < -0.39 is 24.2 Å². The van der Waals surface area contributed by atoms with E-state index in [9.17, 15) is 15.3 Å². The van der Waals surface area contributed by atoms with Crippen LogP contribution >= 0.6 is 11.8 Å². The molecule has 2 aromatic heterocycles. The Morgan fingerprint density at radius 1 is 1.12 bits per heavy atom. The van der Waals surface area contributed by atoms with E-state index in [0.29, 0.717) is 34.5 Å². The van der Waals surface area contributed by atoms with Crippen molar-refractivity contribution in [2.24, 2.45) is 5.92 Å². The molecule has 10 heteroatoms. The SMILES string of the molecule is CCCCSc1nc(NC2CC2c2ccccc2)c2nnn([C@@H]3C[C@H](CO)[C@@H](O)[C@H]3O)c2n1. The van der Waals surface area contributed by atoms with E-state index in [1.807, 2.05) is 6.07 Å². The van der Waals surface area contributed by atoms with Crippen LogP contribution in [0.1, 0.15) is 50.1 Å². The minimum absolute atomic E-state index is 0.191. The molecule has 5 rings (SSSR count). The number of nitrogens with one attached hydrogen (secondary N) is 1. The van der Waals surface area contributed by atoms with E-state index in [1.165, 1.54) is 5.56 Å². The van der Waals surface area contributed by atoms with Gasteiger partial charge in [-0.05, 0) is 24.8 Å². The van der Waals surface area contributed by atoms with E-state index in [0.717, 1.165) is 25.0 Å². The molecule has 0 saturated heterocycles. The normalized spacial score (nSPS) is 29.0. The van der Waals surface area contributed by atoms with Gasteiger partial charge >= 0.3 is 0 Å². The van der Waals surface area contributed by atoms with Crippen molar-refractivity contribution in [2.75, 3.05) is 17.7 Å². The highest BCUT2D eigenvalue weighted by Gasteiger charge is 2.44. The number of thioether (sulfide) groups is 1. The summed E-state index contributed by atoms with van der Waals surface area (Å²) in [5.41, 5.74) is 2.40. The Morgan fingerprint density at radius 3 is 2.67 bits per heavy atom. The lowest BCUT2D eigenvalue weighted by molar-refractivity contribution is -0.00512. The minimum atomic E-state index is -1.04. The number of fused-ring (bicyclic) bond motifs is 1. The van der Waals surface area contributed by atoms with E-state index >= 15 is 0 Å². The van der Waals surface area contributed by atoms with Crippen molar-refractivity contribution in [1.29, 1.82) is 0 Å². The molecule has 0 amide bonds. The number of benzene rings is 1. The molecule has 3 aromatic rings. The molecule has 33 heavy (non-hydrogen) atoms. The third kappa shape index (κ3) is 4.44. The molecule has 4 N–H and O–H groups in total. The summed E-state index contributed by atoms with van der Waals surface area (Å²) in [5, 5.41) is 43.3. The molecule has 2 saturated carbocycles. The summed E-state index contributed by atoms with van der Waals surface area (Å²) in [6, 6.07) is 10.2. The number of aliphatic hydroxyl groups excluding tert-OH is 3. The van der Waals surface area contributed by atoms with Crippen LogP contribution in [-0.2, 0) is 0 Å².